The van der Waals surface area contributed by atoms with E-state index in [-0.39, 0.29) is 5.82 Å². The largest absolute Gasteiger partial charge is 0.385 e. The second-order valence-corrected chi connectivity index (χ2v) is 5.09. The van der Waals surface area contributed by atoms with Crippen LogP contribution in [0.4, 0.5) is 21.5 Å². The molecule has 1 heterocycles. The van der Waals surface area contributed by atoms with Crippen LogP contribution in [0.5, 0.6) is 0 Å². The van der Waals surface area contributed by atoms with E-state index >= 15 is 0 Å². The van der Waals surface area contributed by atoms with Crippen LogP contribution in [0.1, 0.15) is 18.9 Å². The van der Waals surface area contributed by atoms with Crippen LogP contribution >= 0.6 is 0 Å². The molecule has 2 nitrogen and oxygen atoms in total. The molecule has 3 rings (SSSR count). The molecule has 1 N–H and O–H groups in total. The van der Waals surface area contributed by atoms with Gasteiger partial charge in [0.15, 0.2) is 0 Å². The first-order chi connectivity index (χ1) is 9.78. The summed E-state index contributed by atoms with van der Waals surface area (Å²) >= 11 is 0. The van der Waals surface area contributed by atoms with Gasteiger partial charge in [-0.1, -0.05) is 6.07 Å². The van der Waals surface area contributed by atoms with Gasteiger partial charge in [0.2, 0.25) is 0 Å². The number of anilines is 3. The highest BCUT2D eigenvalue weighted by atomic mass is 19.1. The van der Waals surface area contributed by atoms with Crippen LogP contribution in [-0.2, 0) is 6.42 Å². The van der Waals surface area contributed by atoms with Gasteiger partial charge in [-0.05, 0) is 61.7 Å². The van der Waals surface area contributed by atoms with Crippen LogP contribution in [0.2, 0.25) is 0 Å². The van der Waals surface area contributed by atoms with E-state index in [0.717, 1.165) is 30.9 Å². The van der Waals surface area contributed by atoms with Crippen molar-refractivity contribution in [3.05, 3.63) is 53.8 Å². The second kappa shape index (κ2) is 5.53. The normalized spacial score (nSPS) is 13.5. The lowest BCUT2D eigenvalue weighted by atomic mass is 10.0. The zero-order valence-electron chi connectivity index (χ0n) is 11.7. The molecule has 2 aromatic rings. The van der Waals surface area contributed by atoms with E-state index in [4.69, 9.17) is 0 Å². The molecule has 0 atom stereocenters. The first-order valence-corrected chi connectivity index (χ1v) is 7.18. The molecular formula is C17H19FN2. The summed E-state index contributed by atoms with van der Waals surface area (Å²) in [6.45, 7) is 4.00. The Kier molecular flexibility index (Phi) is 3.59. The molecule has 0 radical (unpaired) electrons. The maximum atomic E-state index is 13.1. The monoisotopic (exact) mass is 270 g/mol. The molecule has 20 heavy (non-hydrogen) atoms. The maximum absolute atomic E-state index is 13.1. The van der Waals surface area contributed by atoms with Gasteiger partial charge in [0.05, 0.1) is 0 Å². The summed E-state index contributed by atoms with van der Waals surface area (Å²) in [6, 6.07) is 13.2. The predicted octanol–water partition coefficient (Wildman–Crippen LogP) is 4.34. The maximum Gasteiger partial charge on any atom is 0.123 e. The Labute approximate surface area is 119 Å². The lowest BCUT2D eigenvalue weighted by Crippen LogP contribution is -2.17. The van der Waals surface area contributed by atoms with Crippen molar-refractivity contribution in [3.8, 4) is 0 Å². The van der Waals surface area contributed by atoms with Crippen LogP contribution in [-0.4, -0.2) is 13.1 Å². The number of hydrogen-bond acceptors (Lipinski definition) is 2. The molecule has 0 spiro atoms. The Morgan fingerprint density at radius 3 is 2.60 bits per heavy atom. The minimum atomic E-state index is -0.197. The van der Waals surface area contributed by atoms with Crippen LogP contribution in [0.3, 0.4) is 0 Å². The molecule has 3 heteroatoms. The van der Waals surface area contributed by atoms with Crippen LogP contribution in [0.25, 0.3) is 0 Å². The average molecular weight is 270 g/mol. The highest BCUT2D eigenvalue weighted by Crippen LogP contribution is 2.31. The summed E-state index contributed by atoms with van der Waals surface area (Å²) < 4.78 is 13.1. The number of nitrogens with one attached hydrogen (secondary N) is 1. The van der Waals surface area contributed by atoms with Gasteiger partial charge in [0, 0.05) is 30.2 Å². The summed E-state index contributed by atoms with van der Waals surface area (Å²) in [5.74, 6) is -0.197. The Bertz CT molecular complexity index is 592. The minimum Gasteiger partial charge on any atom is -0.385 e. The standard InChI is InChI=1S/C17H19FN2/c1-2-20(15-9-6-14(18)7-10-15)16-8-5-13-4-3-11-19-17(13)12-16/h5-10,12,19H,2-4,11H2,1H3. The molecule has 0 aliphatic carbocycles. The van der Waals surface area contributed by atoms with Gasteiger partial charge in [-0.15, -0.1) is 0 Å². The molecule has 1 aliphatic rings. The summed E-state index contributed by atoms with van der Waals surface area (Å²) in [7, 11) is 0. The number of fused-ring (bicyclic) bond motifs is 1. The van der Waals surface area contributed by atoms with Crippen molar-refractivity contribution in [2.24, 2.45) is 0 Å². The zero-order valence-corrected chi connectivity index (χ0v) is 11.7. The number of nitrogens with zero attached hydrogens (tertiary/aromatic N) is 1. The van der Waals surface area contributed by atoms with Crippen molar-refractivity contribution in [2.45, 2.75) is 19.8 Å². The number of rotatable bonds is 3. The predicted molar refractivity (Wildman–Crippen MR) is 82.3 cm³/mol. The molecule has 0 aromatic heterocycles. The molecule has 2 aromatic carbocycles. The lowest BCUT2D eigenvalue weighted by molar-refractivity contribution is 0.628. The van der Waals surface area contributed by atoms with Crippen molar-refractivity contribution >= 4 is 17.1 Å². The van der Waals surface area contributed by atoms with Gasteiger partial charge in [0.1, 0.15) is 5.82 Å². The molecule has 1 aliphatic heterocycles. The molecule has 0 bridgehead atoms. The van der Waals surface area contributed by atoms with Crippen molar-refractivity contribution in [3.63, 3.8) is 0 Å². The molecule has 0 unspecified atom stereocenters. The fourth-order valence-electron chi connectivity index (χ4n) is 2.75. The molecule has 0 fully saturated rings. The van der Waals surface area contributed by atoms with E-state index in [0.29, 0.717) is 0 Å². The van der Waals surface area contributed by atoms with Crippen LogP contribution < -0.4 is 10.2 Å². The van der Waals surface area contributed by atoms with E-state index in [9.17, 15) is 4.39 Å². The smallest absolute Gasteiger partial charge is 0.123 e. The second-order valence-electron chi connectivity index (χ2n) is 5.09. The van der Waals surface area contributed by atoms with Crippen molar-refractivity contribution in [2.75, 3.05) is 23.3 Å². The SMILES string of the molecule is CCN(c1ccc(F)cc1)c1ccc2c(c1)NCCC2. The third-order valence-corrected chi connectivity index (χ3v) is 3.80. The van der Waals surface area contributed by atoms with Crippen molar-refractivity contribution in [1.82, 2.24) is 0 Å². The minimum absolute atomic E-state index is 0.197. The van der Waals surface area contributed by atoms with Gasteiger partial charge in [0.25, 0.3) is 0 Å². The summed E-state index contributed by atoms with van der Waals surface area (Å²) in [6.07, 6.45) is 2.34. The van der Waals surface area contributed by atoms with Crippen molar-refractivity contribution in [1.29, 1.82) is 0 Å². The van der Waals surface area contributed by atoms with Gasteiger partial charge in [-0.25, -0.2) is 4.39 Å². The van der Waals surface area contributed by atoms with Crippen molar-refractivity contribution < 1.29 is 4.39 Å². The van der Waals surface area contributed by atoms with Gasteiger partial charge >= 0.3 is 0 Å². The Morgan fingerprint density at radius 1 is 1.10 bits per heavy atom. The Hall–Kier alpha value is -2.03. The summed E-state index contributed by atoms with van der Waals surface area (Å²) in [5, 5.41) is 3.46. The molecule has 0 saturated carbocycles. The van der Waals surface area contributed by atoms with E-state index in [1.54, 1.807) is 0 Å². The Morgan fingerprint density at radius 2 is 1.85 bits per heavy atom. The molecular weight excluding hydrogens is 251 g/mol. The van der Waals surface area contributed by atoms with E-state index in [1.165, 1.54) is 29.8 Å². The number of aryl methyl sites for hydroxylation is 1. The highest BCUT2D eigenvalue weighted by molar-refractivity contribution is 5.69. The third-order valence-electron chi connectivity index (χ3n) is 3.80. The quantitative estimate of drug-likeness (QED) is 0.892. The first kappa shape index (κ1) is 13.0. The lowest BCUT2D eigenvalue weighted by Gasteiger charge is -2.26. The zero-order chi connectivity index (χ0) is 13.9. The number of benzene rings is 2. The van der Waals surface area contributed by atoms with Crippen LogP contribution in [0.15, 0.2) is 42.5 Å². The topological polar surface area (TPSA) is 15.3 Å². The summed E-state index contributed by atoms with van der Waals surface area (Å²) in [5.41, 5.74) is 4.78. The molecule has 0 amide bonds. The van der Waals surface area contributed by atoms with Gasteiger partial charge < -0.3 is 10.2 Å². The fourth-order valence-corrected chi connectivity index (χ4v) is 2.75. The summed E-state index contributed by atoms with van der Waals surface area (Å²) in [4.78, 5) is 2.19. The van der Waals surface area contributed by atoms with Gasteiger partial charge in [-0.2, -0.15) is 0 Å². The fraction of sp³-hybridized carbons (Fsp3) is 0.294. The van der Waals surface area contributed by atoms with E-state index in [1.807, 2.05) is 12.1 Å². The Balaban J connectivity index is 1.94. The average Bonchev–Trinajstić information content (AvgIpc) is 2.50. The van der Waals surface area contributed by atoms with E-state index < -0.39 is 0 Å². The number of hydrogen-bond donors (Lipinski definition) is 1. The first-order valence-electron chi connectivity index (χ1n) is 7.18. The van der Waals surface area contributed by atoms with Gasteiger partial charge in [-0.3, -0.25) is 0 Å². The molecule has 104 valence electrons. The highest BCUT2D eigenvalue weighted by Gasteiger charge is 2.12. The van der Waals surface area contributed by atoms with E-state index in [2.05, 4.69) is 35.3 Å². The third kappa shape index (κ3) is 2.48. The molecule has 0 saturated heterocycles. The van der Waals surface area contributed by atoms with Crippen LogP contribution in [0, 0.1) is 5.82 Å². The number of halogens is 1.